The molecular formula is C17H26FNO2. The van der Waals surface area contributed by atoms with Crippen LogP contribution in [0.2, 0.25) is 0 Å². The quantitative estimate of drug-likeness (QED) is 0.848. The molecule has 0 spiro atoms. The molecule has 0 amide bonds. The molecule has 0 radical (unpaired) electrons. The van der Waals surface area contributed by atoms with Gasteiger partial charge in [0.25, 0.3) is 0 Å². The number of aliphatic hydroxyl groups is 1. The molecule has 3 atom stereocenters. The summed E-state index contributed by atoms with van der Waals surface area (Å²) in [6.45, 7) is 5.15. The molecule has 0 aromatic heterocycles. The monoisotopic (exact) mass is 295 g/mol. The van der Waals surface area contributed by atoms with Crippen LogP contribution in [0.5, 0.6) is 5.75 Å². The number of benzene rings is 1. The molecule has 1 fully saturated rings. The first kappa shape index (κ1) is 16.2. The van der Waals surface area contributed by atoms with Crippen LogP contribution >= 0.6 is 0 Å². The van der Waals surface area contributed by atoms with Crippen LogP contribution in [0.3, 0.4) is 0 Å². The SMILES string of the molecule is CC1CC(C)CC(NCC(O)COc2ccccc2F)C1. The van der Waals surface area contributed by atoms with E-state index in [0.717, 1.165) is 24.7 Å². The third-order valence-corrected chi connectivity index (χ3v) is 4.09. The van der Waals surface area contributed by atoms with Gasteiger partial charge in [0.1, 0.15) is 12.7 Å². The van der Waals surface area contributed by atoms with Gasteiger partial charge in [0, 0.05) is 12.6 Å². The summed E-state index contributed by atoms with van der Waals surface area (Å²) in [5.41, 5.74) is 0. The summed E-state index contributed by atoms with van der Waals surface area (Å²) in [4.78, 5) is 0. The number of hydrogen-bond donors (Lipinski definition) is 2. The second-order valence-corrected chi connectivity index (χ2v) is 6.42. The van der Waals surface area contributed by atoms with Crippen molar-refractivity contribution >= 4 is 0 Å². The molecule has 0 aliphatic heterocycles. The Balaban J connectivity index is 1.70. The normalized spacial score (nSPS) is 27.3. The van der Waals surface area contributed by atoms with Gasteiger partial charge in [-0.1, -0.05) is 26.0 Å². The van der Waals surface area contributed by atoms with E-state index in [-0.39, 0.29) is 12.4 Å². The lowest BCUT2D eigenvalue weighted by Crippen LogP contribution is -2.41. The largest absolute Gasteiger partial charge is 0.488 e. The van der Waals surface area contributed by atoms with Gasteiger partial charge in [0.05, 0.1) is 0 Å². The Kier molecular flexibility index (Phi) is 6.00. The zero-order valence-corrected chi connectivity index (χ0v) is 12.9. The molecule has 1 aromatic rings. The van der Waals surface area contributed by atoms with Gasteiger partial charge < -0.3 is 15.2 Å². The second kappa shape index (κ2) is 7.76. The van der Waals surface area contributed by atoms with Gasteiger partial charge in [-0.05, 0) is 43.2 Å². The summed E-state index contributed by atoms with van der Waals surface area (Å²) in [5.74, 6) is 1.26. The van der Waals surface area contributed by atoms with Crippen LogP contribution < -0.4 is 10.1 Å². The fourth-order valence-electron chi connectivity index (χ4n) is 3.22. The van der Waals surface area contributed by atoms with Gasteiger partial charge >= 0.3 is 0 Å². The van der Waals surface area contributed by atoms with Crippen LogP contribution in [0.15, 0.2) is 24.3 Å². The summed E-state index contributed by atoms with van der Waals surface area (Å²) >= 11 is 0. The van der Waals surface area contributed by atoms with E-state index in [9.17, 15) is 9.50 Å². The average Bonchev–Trinajstić information content (AvgIpc) is 2.43. The first-order valence-corrected chi connectivity index (χ1v) is 7.83. The van der Waals surface area contributed by atoms with Crippen molar-refractivity contribution in [2.24, 2.45) is 11.8 Å². The molecule has 0 heterocycles. The molecule has 2 rings (SSSR count). The van der Waals surface area contributed by atoms with Crippen molar-refractivity contribution < 1.29 is 14.2 Å². The first-order chi connectivity index (χ1) is 10.0. The summed E-state index contributed by atoms with van der Waals surface area (Å²) in [5, 5.41) is 13.4. The van der Waals surface area contributed by atoms with E-state index in [0.29, 0.717) is 12.6 Å². The molecule has 3 nitrogen and oxygen atoms in total. The standard InChI is InChI=1S/C17H26FNO2/c1-12-7-13(2)9-14(8-12)19-10-15(20)11-21-17-6-4-3-5-16(17)18/h3-6,12-15,19-20H,7-11H2,1-2H3. The van der Waals surface area contributed by atoms with Gasteiger partial charge in [-0.15, -0.1) is 0 Å². The zero-order valence-electron chi connectivity index (χ0n) is 12.9. The Morgan fingerprint density at radius 3 is 2.57 bits per heavy atom. The van der Waals surface area contributed by atoms with Crippen LogP contribution in [0.4, 0.5) is 4.39 Å². The van der Waals surface area contributed by atoms with E-state index in [1.54, 1.807) is 18.2 Å². The maximum absolute atomic E-state index is 13.4. The highest BCUT2D eigenvalue weighted by atomic mass is 19.1. The van der Waals surface area contributed by atoms with Gasteiger partial charge in [-0.25, -0.2) is 4.39 Å². The topological polar surface area (TPSA) is 41.5 Å². The van der Waals surface area contributed by atoms with Crippen LogP contribution in [-0.2, 0) is 0 Å². The molecule has 4 heteroatoms. The molecule has 2 N–H and O–H groups in total. The molecule has 0 saturated heterocycles. The smallest absolute Gasteiger partial charge is 0.165 e. The van der Waals surface area contributed by atoms with E-state index in [4.69, 9.17) is 4.74 Å². The summed E-state index contributed by atoms with van der Waals surface area (Å²) in [7, 11) is 0. The molecule has 3 unspecified atom stereocenters. The highest BCUT2D eigenvalue weighted by Gasteiger charge is 2.24. The molecule has 1 aliphatic carbocycles. The summed E-state index contributed by atoms with van der Waals surface area (Å²) < 4.78 is 18.7. The molecule has 1 saturated carbocycles. The van der Waals surface area contributed by atoms with Gasteiger partial charge in [0.2, 0.25) is 0 Å². The molecule has 118 valence electrons. The predicted molar refractivity (Wildman–Crippen MR) is 81.9 cm³/mol. The molecular weight excluding hydrogens is 269 g/mol. The van der Waals surface area contributed by atoms with Crippen molar-refractivity contribution in [1.82, 2.24) is 5.32 Å². The second-order valence-electron chi connectivity index (χ2n) is 6.42. The number of para-hydroxylation sites is 1. The van der Waals surface area contributed by atoms with Crippen molar-refractivity contribution in [3.8, 4) is 5.75 Å². The lowest BCUT2D eigenvalue weighted by molar-refractivity contribution is 0.0964. The van der Waals surface area contributed by atoms with Crippen LogP contribution in [-0.4, -0.2) is 30.4 Å². The lowest BCUT2D eigenvalue weighted by atomic mass is 9.80. The fourth-order valence-corrected chi connectivity index (χ4v) is 3.22. The zero-order chi connectivity index (χ0) is 15.2. The Hall–Kier alpha value is -1.13. The third kappa shape index (κ3) is 5.29. The minimum atomic E-state index is -0.628. The van der Waals surface area contributed by atoms with E-state index >= 15 is 0 Å². The Bertz CT molecular complexity index is 431. The highest BCUT2D eigenvalue weighted by molar-refractivity contribution is 5.23. The van der Waals surface area contributed by atoms with Gasteiger partial charge in [-0.2, -0.15) is 0 Å². The van der Waals surface area contributed by atoms with Crippen LogP contribution in [0, 0.1) is 17.7 Å². The Labute approximate surface area is 126 Å². The van der Waals surface area contributed by atoms with E-state index in [2.05, 4.69) is 19.2 Å². The van der Waals surface area contributed by atoms with E-state index in [1.807, 2.05) is 0 Å². The number of ether oxygens (including phenoxy) is 1. The van der Waals surface area contributed by atoms with Crippen LogP contribution in [0.25, 0.3) is 0 Å². The number of nitrogens with one attached hydrogen (secondary N) is 1. The Morgan fingerprint density at radius 1 is 1.24 bits per heavy atom. The van der Waals surface area contributed by atoms with Crippen molar-refractivity contribution in [2.45, 2.75) is 45.3 Å². The predicted octanol–water partition coefficient (Wildman–Crippen LogP) is 2.98. The average molecular weight is 295 g/mol. The molecule has 1 aromatic carbocycles. The number of rotatable bonds is 6. The first-order valence-electron chi connectivity index (χ1n) is 7.83. The Morgan fingerprint density at radius 2 is 1.90 bits per heavy atom. The number of hydrogen-bond acceptors (Lipinski definition) is 3. The molecule has 21 heavy (non-hydrogen) atoms. The number of halogens is 1. The number of aliphatic hydroxyl groups excluding tert-OH is 1. The highest BCUT2D eigenvalue weighted by Crippen LogP contribution is 2.28. The summed E-state index contributed by atoms with van der Waals surface area (Å²) in [6, 6.07) is 6.72. The van der Waals surface area contributed by atoms with Crippen LogP contribution in [0.1, 0.15) is 33.1 Å². The van der Waals surface area contributed by atoms with Crippen molar-refractivity contribution in [2.75, 3.05) is 13.2 Å². The van der Waals surface area contributed by atoms with Crippen molar-refractivity contribution in [1.29, 1.82) is 0 Å². The molecule has 1 aliphatic rings. The minimum Gasteiger partial charge on any atom is -0.488 e. The lowest BCUT2D eigenvalue weighted by Gasteiger charge is -2.32. The maximum Gasteiger partial charge on any atom is 0.165 e. The summed E-state index contributed by atoms with van der Waals surface area (Å²) in [6.07, 6.45) is 2.98. The van der Waals surface area contributed by atoms with E-state index < -0.39 is 11.9 Å². The van der Waals surface area contributed by atoms with Crippen molar-refractivity contribution in [3.05, 3.63) is 30.1 Å². The third-order valence-electron chi connectivity index (χ3n) is 4.09. The maximum atomic E-state index is 13.4. The fraction of sp³-hybridized carbons (Fsp3) is 0.647. The minimum absolute atomic E-state index is 0.103. The van der Waals surface area contributed by atoms with Gasteiger partial charge in [0.15, 0.2) is 11.6 Å². The van der Waals surface area contributed by atoms with Gasteiger partial charge in [-0.3, -0.25) is 0 Å². The van der Waals surface area contributed by atoms with Crippen molar-refractivity contribution in [3.63, 3.8) is 0 Å². The molecule has 0 bridgehead atoms. The van der Waals surface area contributed by atoms with E-state index in [1.165, 1.54) is 12.5 Å².